The second-order valence-corrected chi connectivity index (χ2v) is 4.93. The maximum atomic E-state index is 12.0. The number of carboxylic acids is 1. The first-order chi connectivity index (χ1) is 11.6. The molecule has 2 aromatic heterocycles. The summed E-state index contributed by atoms with van der Waals surface area (Å²) in [6.45, 7) is 0.332. The molecule has 0 atom stereocenters. The summed E-state index contributed by atoms with van der Waals surface area (Å²) in [5.41, 5.74) is 1.98. The Morgan fingerprint density at radius 1 is 1.12 bits per heavy atom. The highest BCUT2D eigenvalue weighted by atomic mass is 16.4. The Labute approximate surface area is 136 Å². The minimum Gasteiger partial charge on any atom is -0.478 e. The van der Waals surface area contributed by atoms with E-state index in [0.717, 1.165) is 17.4 Å². The van der Waals surface area contributed by atoms with E-state index in [1.54, 1.807) is 11.0 Å². The van der Waals surface area contributed by atoms with Crippen molar-refractivity contribution in [2.45, 2.75) is 6.54 Å². The summed E-state index contributed by atoms with van der Waals surface area (Å²) in [5, 5.41) is 15.6. The van der Waals surface area contributed by atoms with E-state index in [-0.39, 0.29) is 17.2 Å². The topological polar surface area (TPSA) is 110 Å². The van der Waals surface area contributed by atoms with Gasteiger partial charge in [-0.2, -0.15) is 5.10 Å². The first-order valence-electron chi connectivity index (χ1n) is 7.05. The number of aromatic carboxylic acids is 1. The highest BCUT2D eigenvalue weighted by Gasteiger charge is 2.09. The van der Waals surface area contributed by atoms with Crippen molar-refractivity contribution in [3.05, 3.63) is 72.1 Å². The molecular weight excluding hydrogens is 310 g/mol. The molecule has 2 N–H and O–H groups in total. The Bertz CT molecular complexity index is 842. The van der Waals surface area contributed by atoms with Gasteiger partial charge in [0, 0.05) is 12.7 Å². The van der Waals surface area contributed by atoms with E-state index < -0.39 is 5.97 Å². The van der Waals surface area contributed by atoms with Crippen molar-refractivity contribution in [2.24, 2.45) is 0 Å². The summed E-state index contributed by atoms with van der Waals surface area (Å²) in [5.74, 6) is -1.45. The molecule has 2 heterocycles. The van der Waals surface area contributed by atoms with E-state index in [0.29, 0.717) is 6.54 Å². The molecular formula is C16H13N5O3. The predicted octanol–water partition coefficient (Wildman–Crippen LogP) is 1.29. The molecule has 120 valence electrons. The number of amides is 1. The van der Waals surface area contributed by atoms with Crippen molar-refractivity contribution in [1.29, 1.82) is 0 Å². The fourth-order valence-corrected chi connectivity index (χ4v) is 2.04. The van der Waals surface area contributed by atoms with Gasteiger partial charge in [-0.1, -0.05) is 12.1 Å². The third-order valence-electron chi connectivity index (χ3n) is 3.32. The van der Waals surface area contributed by atoms with Gasteiger partial charge >= 0.3 is 5.97 Å². The molecule has 24 heavy (non-hydrogen) atoms. The second kappa shape index (κ2) is 6.69. The minimum atomic E-state index is -1.08. The number of hydrogen-bond donors (Lipinski definition) is 2. The average Bonchev–Trinajstić information content (AvgIpc) is 3.15. The van der Waals surface area contributed by atoms with Gasteiger partial charge in [-0.25, -0.2) is 14.5 Å². The standard InChI is InChI=1S/C16H13N5O3/c22-15(14-6-3-12(8-18-14)16(23)24)19-7-11-1-4-13(5-2-11)21-10-17-9-20-21/h1-6,8-10H,7H2,(H,19,22)(H,23,24). The maximum absolute atomic E-state index is 12.0. The van der Waals surface area contributed by atoms with Gasteiger partial charge in [0.05, 0.1) is 11.3 Å². The molecule has 8 nitrogen and oxygen atoms in total. The van der Waals surface area contributed by atoms with E-state index in [1.165, 1.54) is 18.5 Å². The van der Waals surface area contributed by atoms with E-state index in [9.17, 15) is 9.59 Å². The van der Waals surface area contributed by atoms with E-state index in [4.69, 9.17) is 5.11 Å². The lowest BCUT2D eigenvalue weighted by molar-refractivity contribution is 0.0695. The normalized spacial score (nSPS) is 10.3. The van der Waals surface area contributed by atoms with Crippen molar-refractivity contribution >= 4 is 11.9 Å². The van der Waals surface area contributed by atoms with Crippen LogP contribution in [0.3, 0.4) is 0 Å². The van der Waals surface area contributed by atoms with Crippen LogP contribution in [0.2, 0.25) is 0 Å². The third kappa shape index (κ3) is 3.43. The lowest BCUT2D eigenvalue weighted by Crippen LogP contribution is -2.23. The number of carbonyl (C=O) groups excluding carboxylic acids is 1. The number of hydrogen-bond acceptors (Lipinski definition) is 5. The maximum Gasteiger partial charge on any atom is 0.337 e. The van der Waals surface area contributed by atoms with Gasteiger partial charge in [0.2, 0.25) is 0 Å². The lowest BCUT2D eigenvalue weighted by Gasteiger charge is -2.06. The number of carboxylic acid groups (broad SMARTS) is 1. The third-order valence-corrected chi connectivity index (χ3v) is 3.32. The number of pyridine rings is 1. The average molecular weight is 323 g/mol. The molecule has 1 amide bonds. The zero-order chi connectivity index (χ0) is 16.9. The van der Waals surface area contributed by atoms with E-state index in [2.05, 4.69) is 20.4 Å². The molecule has 3 rings (SSSR count). The Morgan fingerprint density at radius 2 is 1.92 bits per heavy atom. The van der Waals surface area contributed by atoms with Crippen LogP contribution in [0.4, 0.5) is 0 Å². The number of aromatic nitrogens is 4. The van der Waals surface area contributed by atoms with Crippen LogP contribution >= 0.6 is 0 Å². The molecule has 0 aliphatic carbocycles. The van der Waals surface area contributed by atoms with Crippen LogP contribution in [0.15, 0.2) is 55.2 Å². The summed E-state index contributed by atoms with van der Waals surface area (Å²) in [7, 11) is 0. The minimum absolute atomic E-state index is 0.0373. The SMILES string of the molecule is O=C(O)c1ccc(C(=O)NCc2ccc(-n3cncn3)cc2)nc1. The molecule has 0 spiro atoms. The van der Waals surface area contributed by atoms with Gasteiger partial charge in [0.15, 0.2) is 0 Å². The fourth-order valence-electron chi connectivity index (χ4n) is 2.04. The molecule has 0 aliphatic rings. The number of benzene rings is 1. The second-order valence-electron chi connectivity index (χ2n) is 4.93. The first-order valence-corrected chi connectivity index (χ1v) is 7.05. The van der Waals surface area contributed by atoms with Gasteiger partial charge in [-0.05, 0) is 29.8 Å². The molecule has 0 fully saturated rings. The van der Waals surface area contributed by atoms with Gasteiger partial charge < -0.3 is 10.4 Å². The molecule has 3 aromatic rings. The molecule has 0 bridgehead atoms. The van der Waals surface area contributed by atoms with Crippen molar-refractivity contribution in [2.75, 3.05) is 0 Å². The van der Waals surface area contributed by atoms with Crippen LogP contribution in [-0.2, 0) is 6.54 Å². The molecule has 8 heteroatoms. The fraction of sp³-hybridized carbons (Fsp3) is 0.0625. The first kappa shape index (κ1) is 15.3. The smallest absolute Gasteiger partial charge is 0.337 e. The molecule has 1 aromatic carbocycles. The van der Waals surface area contributed by atoms with Crippen molar-refractivity contribution in [1.82, 2.24) is 25.1 Å². The number of nitrogens with one attached hydrogen (secondary N) is 1. The van der Waals surface area contributed by atoms with Gasteiger partial charge in [-0.3, -0.25) is 9.78 Å². The van der Waals surface area contributed by atoms with Crippen LogP contribution < -0.4 is 5.32 Å². The molecule has 0 radical (unpaired) electrons. The van der Waals surface area contributed by atoms with Crippen LogP contribution in [0, 0.1) is 0 Å². The number of carbonyl (C=O) groups is 2. The van der Waals surface area contributed by atoms with Crippen LogP contribution in [0.5, 0.6) is 0 Å². The molecule has 0 saturated heterocycles. The van der Waals surface area contributed by atoms with E-state index >= 15 is 0 Å². The molecule has 0 aliphatic heterocycles. The number of nitrogens with zero attached hydrogens (tertiary/aromatic N) is 4. The Kier molecular flexibility index (Phi) is 4.28. The Hall–Kier alpha value is -3.55. The monoisotopic (exact) mass is 323 g/mol. The van der Waals surface area contributed by atoms with Crippen molar-refractivity contribution < 1.29 is 14.7 Å². The van der Waals surface area contributed by atoms with Crippen LogP contribution in [0.25, 0.3) is 5.69 Å². The van der Waals surface area contributed by atoms with Crippen molar-refractivity contribution in [3.8, 4) is 5.69 Å². The van der Waals surface area contributed by atoms with Gasteiger partial charge in [0.1, 0.15) is 18.3 Å². The summed E-state index contributed by atoms with van der Waals surface area (Å²) in [4.78, 5) is 30.5. The molecule has 0 saturated carbocycles. The summed E-state index contributed by atoms with van der Waals surface area (Å²) in [6.07, 6.45) is 4.21. The zero-order valence-electron chi connectivity index (χ0n) is 12.5. The highest BCUT2D eigenvalue weighted by Crippen LogP contribution is 2.08. The van der Waals surface area contributed by atoms with Crippen LogP contribution in [-0.4, -0.2) is 36.7 Å². The summed E-state index contributed by atoms with van der Waals surface area (Å²) in [6, 6.07) is 10.2. The summed E-state index contributed by atoms with van der Waals surface area (Å²) < 4.78 is 1.64. The number of rotatable bonds is 5. The van der Waals surface area contributed by atoms with Crippen LogP contribution in [0.1, 0.15) is 26.4 Å². The molecule has 0 unspecified atom stereocenters. The lowest BCUT2D eigenvalue weighted by atomic mass is 10.2. The largest absolute Gasteiger partial charge is 0.478 e. The summed E-state index contributed by atoms with van der Waals surface area (Å²) >= 11 is 0. The zero-order valence-corrected chi connectivity index (χ0v) is 12.5. The highest BCUT2D eigenvalue weighted by molar-refractivity contribution is 5.93. The Morgan fingerprint density at radius 3 is 2.50 bits per heavy atom. The van der Waals surface area contributed by atoms with Gasteiger partial charge in [-0.15, -0.1) is 0 Å². The van der Waals surface area contributed by atoms with Gasteiger partial charge in [0.25, 0.3) is 5.91 Å². The Balaban J connectivity index is 1.60. The quantitative estimate of drug-likeness (QED) is 0.732. The van der Waals surface area contributed by atoms with E-state index in [1.807, 2.05) is 24.3 Å². The predicted molar refractivity (Wildman–Crippen MR) is 83.7 cm³/mol. The van der Waals surface area contributed by atoms with Crippen molar-refractivity contribution in [3.63, 3.8) is 0 Å².